The highest BCUT2D eigenvalue weighted by molar-refractivity contribution is 7.98. The first-order valence-corrected chi connectivity index (χ1v) is 11.8. The molecule has 2 heterocycles. The van der Waals surface area contributed by atoms with Crippen LogP contribution in [0.4, 0.5) is 0 Å². The fraction of sp³-hybridized carbons (Fsp3) is 0.412. The largest absolute Gasteiger partial charge is 0.336 e. The molecule has 1 amide bonds. The lowest BCUT2D eigenvalue weighted by Gasteiger charge is -2.35. The molecule has 1 fully saturated rings. The Labute approximate surface area is 168 Å². The second-order valence-corrected chi connectivity index (χ2v) is 10.1. The molecule has 7 nitrogen and oxygen atoms in total. The maximum absolute atomic E-state index is 13.0. The van der Waals surface area contributed by atoms with Crippen LogP contribution in [0.2, 0.25) is 0 Å². The van der Waals surface area contributed by atoms with Crippen LogP contribution >= 0.6 is 23.1 Å². The molecule has 3 rings (SSSR count). The van der Waals surface area contributed by atoms with Gasteiger partial charge >= 0.3 is 0 Å². The standard InChI is InChI=1S/C17H22N4O3S3/c1-19(2)27(23,24)21-9-7-20(8-10-21)17(22)15-5-3-4-6-16(15)26-12-14-11-25-13-18-14/h3-6,11,13H,7-10,12H2,1-2H3. The molecule has 0 radical (unpaired) electrons. The summed E-state index contributed by atoms with van der Waals surface area (Å²) in [5.74, 6) is 0.654. The quantitative estimate of drug-likeness (QED) is 0.661. The van der Waals surface area contributed by atoms with Gasteiger partial charge in [-0.3, -0.25) is 4.79 Å². The van der Waals surface area contributed by atoms with E-state index in [1.165, 1.54) is 22.7 Å². The molecule has 1 aliphatic heterocycles. The van der Waals surface area contributed by atoms with E-state index in [-0.39, 0.29) is 5.91 Å². The third-order valence-electron chi connectivity index (χ3n) is 4.29. The molecule has 146 valence electrons. The highest BCUT2D eigenvalue weighted by Crippen LogP contribution is 2.27. The summed E-state index contributed by atoms with van der Waals surface area (Å²) in [4.78, 5) is 19.9. The maximum atomic E-state index is 13.0. The van der Waals surface area contributed by atoms with Crippen molar-refractivity contribution < 1.29 is 13.2 Å². The molecule has 1 aromatic carbocycles. The van der Waals surface area contributed by atoms with E-state index in [0.29, 0.717) is 37.5 Å². The number of amides is 1. The lowest BCUT2D eigenvalue weighted by atomic mass is 10.2. The van der Waals surface area contributed by atoms with Crippen LogP contribution in [0.25, 0.3) is 0 Å². The van der Waals surface area contributed by atoms with Gasteiger partial charge in [0.15, 0.2) is 0 Å². The molecule has 1 aromatic heterocycles. The number of rotatable bonds is 6. The molecular weight excluding hydrogens is 404 g/mol. The van der Waals surface area contributed by atoms with E-state index in [9.17, 15) is 13.2 Å². The van der Waals surface area contributed by atoms with Crippen molar-refractivity contribution in [3.63, 3.8) is 0 Å². The number of aromatic nitrogens is 1. The predicted molar refractivity (Wildman–Crippen MR) is 108 cm³/mol. The van der Waals surface area contributed by atoms with Crippen LogP contribution < -0.4 is 0 Å². The Morgan fingerprint density at radius 3 is 2.56 bits per heavy atom. The minimum Gasteiger partial charge on any atom is -0.336 e. The highest BCUT2D eigenvalue weighted by Gasteiger charge is 2.31. The summed E-state index contributed by atoms with van der Waals surface area (Å²) in [5.41, 5.74) is 3.45. The number of hydrogen-bond acceptors (Lipinski definition) is 6. The zero-order valence-corrected chi connectivity index (χ0v) is 17.7. The molecule has 0 N–H and O–H groups in total. The summed E-state index contributed by atoms with van der Waals surface area (Å²) >= 11 is 3.14. The average Bonchev–Trinajstić information content (AvgIpc) is 3.19. The third-order valence-corrected chi connectivity index (χ3v) is 7.97. The first kappa shape index (κ1) is 20.3. The van der Waals surface area contributed by atoms with Gasteiger partial charge in [0.2, 0.25) is 0 Å². The molecule has 0 bridgehead atoms. The molecule has 0 unspecified atom stereocenters. The van der Waals surface area contributed by atoms with Crippen molar-refractivity contribution in [2.24, 2.45) is 0 Å². The fourth-order valence-electron chi connectivity index (χ4n) is 2.75. The van der Waals surface area contributed by atoms with Crippen molar-refractivity contribution in [1.29, 1.82) is 0 Å². The Kier molecular flexibility index (Phi) is 6.53. The number of nitrogens with zero attached hydrogens (tertiary/aromatic N) is 4. The van der Waals surface area contributed by atoms with Crippen LogP contribution in [-0.2, 0) is 16.0 Å². The van der Waals surface area contributed by atoms with E-state index >= 15 is 0 Å². The summed E-state index contributed by atoms with van der Waals surface area (Å²) in [7, 11) is -0.404. The Balaban J connectivity index is 1.67. The minimum atomic E-state index is -3.44. The molecule has 0 aliphatic carbocycles. The fourth-order valence-corrected chi connectivity index (χ4v) is 5.45. The molecule has 27 heavy (non-hydrogen) atoms. The van der Waals surface area contributed by atoms with Crippen molar-refractivity contribution >= 4 is 39.2 Å². The zero-order chi connectivity index (χ0) is 19.4. The third kappa shape index (κ3) is 4.69. The summed E-state index contributed by atoms with van der Waals surface area (Å²) in [6.45, 7) is 1.38. The first-order valence-electron chi connectivity index (χ1n) is 8.45. The van der Waals surface area contributed by atoms with E-state index in [0.717, 1.165) is 10.6 Å². The molecule has 10 heteroatoms. The second-order valence-electron chi connectivity index (χ2n) is 6.25. The lowest BCUT2D eigenvalue weighted by molar-refractivity contribution is 0.0691. The van der Waals surface area contributed by atoms with E-state index in [2.05, 4.69) is 4.98 Å². The first-order chi connectivity index (χ1) is 12.9. The van der Waals surface area contributed by atoms with Gasteiger partial charge in [0.1, 0.15) is 0 Å². The van der Waals surface area contributed by atoms with Crippen molar-refractivity contribution in [2.75, 3.05) is 40.3 Å². The van der Waals surface area contributed by atoms with Crippen LogP contribution in [0.5, 0.6) is 0 Å². The summed E-state index contributed by atoms with van der Waals surface area (Å²) in [5, 5.41) is 2.00. The van der Waals surface area contributed by atoms with Gasteiger partial charge < -0.3 is 4.90 Å². The summed E-state index contributed by atoms with van der Waals surface area (Å²) in [6, 6.07) is 7.54. The number of benzene rings is 1. The molecular formula is C17H22N4O3S3. The van der Waals surface area contributed by atoms with Crippen LogP contribution in [-0.4, -0.2) is 73.1 Å². The molecule has 0 atom stereocenters. The number of piperazine rings is 1. The number of carbonyl (C=O) groups is 1. The van der Waals surface area contributed by atoms with Crippen molar-refractivity contribution in [2.45, 2.75) is 10.6 Å². The van der Waals surface area contributed by atoms with Gasteiger partial charge in [-0.1, -0.05) is 12.1 Å². The number of thioether (sulfide) groups is 1. The highest BCUT2D eigenvalue weighted by atomic mass is 32.2. The van der Waals surface area contributed by atoms with E-state index < -0.39 is 10.2 Å². The topological polar surface area (TPSA) is 73.8 Å². The van der Waals surface area contributed by atoms with E-state index in [4.69, 9.17) is 0 Å². The molecule has 1 aliphatic rings. The molecule has 0 spiro atoms. The van der Waals surface area contributed by atoms with E-state index in [1.807, 2.05) is 29.6 Å². The SMILES string of the molecule is CN(C)S(=O)(=O)N1CCN(C(=O)c2ccccc2SCc2cscn2)CC1. The molecule has 2 aromatic rings. The Hall–Kier alpha value is -1.46. The van der Waals surface area contributed by atoms with Gasteiger partial charge in [0.05, 0.1) is 16.8 Å². The lowest BCUT2D eigenvalue weighted by Crippen LogP contribution is -2.53. The minimum absolute atomic E-state index is 0.0571. The van der Waals surface area contributed by atoms with Gasteiger partial charge in [-0.05, 0) is 12.1 Å². The van der Waals surface area contributed by atoms with Crippen LogP contribution in [0.3, 0.4) is 0 Å². The van der Waals surface area contributed by atoms with Crippen molar-refractivity contribution in [3.05, 3.63) is 46.4 Å². The van der Waals surface area contributed by atoms with Crippen molar-refractivity contribution in [1.82, 2.24) is 18.5 Å². The van der Waals surface area contributed by atoms with Crippen LogP contribution in [0, 0.1) is 0 Å². The molecule has 1 saturated heterocycles. The van der Waals surface area contributed by atoms with Crippen LogP contribution in [0.1, 0.15) is 16.1 Å². The Morgan fingerprint density at radius 1 is 1.22 bits per heavy atom. The Morgan fingerprint density at radius 2 is 1.93 bits per heavy atom. The smallest absolute Gasteiger partial charge is 0.281 e. The summed E-state index contributed by atoms with van der Waals surface area (Å²) in [6.07, 6.45) is 0. The van der Waals surface area contributed by atoms with E-state index in [1.54, 1.807) is 33.5 Å². The molecule has 0 saturated carbocycles. The normalized spacial score (nSPS) is 16.0. The number of hydrogen-bond donors (Lipinski definition) is 0. The number of carbonyl (C=O) groups excluding carboxylic acids is 1. The monoisotopic (exact) mass is 426 g/mol. The van der Waals surface area contributed by atoms with Gasteiger partial charge in [0, 0.05) is 56.3 Å². The van der Waals surface area contributed by atoms with Gasteiger partial charge in [-0.25, -0.2) is 4.98 Å². The van der Waals surface area contributed by atoms with Crippen LogP contribution in [0.15, 0.2) is 40.1 Å². The van der Waals surface area contributed by atoms with Gasteiger partial charge in [-0.15, -0.1) is 23.1 Å². The average molecular weight is 427 g/mol. The van der Waals surface area contributed by atoms with Gasteiger partial charge in [0.25, 0.3) is 16.1 Å². The zero-order valence-electron chi connectivity index (χ0n) is 15.2. The second kappa shape index (κ2) is 8.70. The Bertz CT molecular complexity index is 877. The number of thiazole rings is 1. The van der Waals surface area contributed by atoms with Crippen molar-refractivity contribution in [3.8, 4) is 0 Å². The van der Waals surface area contributed by atoms with Gasteiger partial charge in [-0.2, -0.15) is 17.0 Å². The maximum Gasteiger partial charge on any atom is 0.281 e. The predicted octanol–water partition coefficient (Wildman–Crippen LogP) is 2.00. The summed E-state index contributed by atoms with van der Waals surface area (Å²) < 4.78 is 27.1.